The van der Waals surface area contributed by atoms with E-state index in [9.17, 15) is 18.4 Å². The Morgan fingerprint density at radius 1 is 0.341 bits per heavy atom. The highest BCUT2D eigenvalue weighted by Gasteiger charge is 2.31. The second kappa shape index (κ2) is 21.5. The van der Waals surface area contributed by atoms with Crippen molar-refractivity contribution in [2.75, 3.05) is 0 Å². The fourth-order valence-electron chi connectivity index (χ4n) is 11.8. The molecule has 0 saturated heterocycles. The summed E-state index contributed by atoms with van der Waals surface area (Å²) < 4.78 is 47.2. The molecule has 0 N–H and O–H groups in total. The molecule has 0 fully saturated rings. The number of hydrogen-bond acceptors (Lipinski definition) is 7. The monoisotopic (exact) mass is 1140 g/mol. The van der Waals surface area contributed by atoms with Gasteiger partial charge in [-0.05, 0) is 90.0 Å². The summed E-state index contributed by atoms with van der Waals surface area (Å²) in [5.74, 6) is 3.11. The number of alkyl halides is 3. The molecule has 15 aromatic rings. The maximum absolute atomic E-state index is 14.3. The van der Waals surface area contributed by atoms with Gasteiger partial charge in [-0.3, -0.25) is 0 Å². The molecule has 0 spiro atoms. The second-order valence-corrected chi connectivity index (χ2v) is 21.2. The topological polar surface area (TPSA) is 115 Å². The van der Waals surface area contributed by atoms with E-state index in [4.69, 9.17) is 36.5 Å². The molecule has 0 bridgehead atoms. The number of fused-ring (bicyclic) bond motifs is 6. The van der Waals surface area contributed by atoms with E-state index in [-0.39, 0.29) is 5.69 Å². The summed E-state index contributed by atoms with van der Waals surface area (Å²) in [4.78, 5) is 33.8. The first-order valence-electron chi connectivity index (χ1n) is 28.3. The number of halogens is 3. The molecule has 0 amide bonds. The molecule has 88 heavy (non-hydrogen) atoms. The maximum atomic E-state index is 14.3. The summed E-state index contributed by atoms with van der Waals surface area (Å²) in [6.45, 7) is 8.17. The third-order valence-electron chi connectivity index (χ3n) is 15.9. The van der Waals surface area contributed by atoms with E-state index < -0.39 is 11.7 Å². The minimum Gasteiger partial charge on any atom is -0.309 e. The SMILES string of the molecule is [C-]#[N+]c1cc(C(F)(F)F)ccc1-c1ccc(-n2c3ccccc3c3cc(-c4nc(-c5ccccc5)nc(-c5ccccc5)n4)ccc32)c(-c2ccc(C#N)cc2-n2c3ccccc3c3cc(-c4nc(-c5ccccc5)nc(-c5ccccc5)n4)ccc32)c1. The highest BCUT2D eigenvalue weighted by Crippen LogP contribution is 2.46. The molecule has 0 radical (unpaired) electrons. The molecule has 0 aliphatic heterocycles. The van der Waals surface area contributed by atoms with Crippen LogP contribution in [0.5, 0.6) is 0 Å². The van der Waals surface area contributed by atoms with E-state index in [2.05, 4.69) is 56.4 Å². The van der Waals surface area contributed by atoms with Crippen molar-refractivity contribution in [1.82, 2.24) is 39.0 Å². The van der Waals surface area contributed by atoms with Crippen LogP contribution in [0.15, 0.2) is 261 Å². The van der Waals surface area contributed by atoms with Crippen LogP contribution in [0.4, 0.5) is 18.9 Å². The second-order valence-electron chi connectivity index (χ2n) is 21.2. The minimum absolute atomic E-state index is 0.148. The highest BCUT2D eigenvalue weighted by atomic mass is 19.4. The zero-order chi connectivity index (χ0) is 59.5. The summed E-state index contributed by atoms with van der Waals surface area (Å²) in [5.41, 5.74) is 11.2. The molecule has 0 unspecified atom stereocenters. The molecule has 11 aromatic carbocycles. The van der Waals surface area contributed by atoms with Crippen molar-refractivity contribution >= 4 is 49.3 Å². The van der Waals surface area contributed by atoms with Crippen molar-refractivity contribution in [1.29, 1.82) is 5.26 Å². The molecule has 4 heterocycles. The number of hydrogen-bond donors (Lipinski definition) is 0. The fraction of sp³-hybridized carbons (Fsp3) is 0.0133. The standard InChI is InChI=1S/C75H43F3N10/c1-80-62-44-54(75(76,77)78)34-36-55(62)51-31-37-65(87-63-28-16-14-26-56(63)60-42-52(32-38-66(60)87)73-83-69(47-18-6-2-7-19-47)81-70(84-73)48-20-8-3-9-21-48)59(41-51)58-35-30-46(45-79)40-68(58)88-64-29-17-15-27-57(64)61-43-53(33-39-67(61)88)74-85-71(49-22-10-4-11-23-49)82-72(86-74)50-24-12-5-13-25-50/h2-44H. The number of nitrogens with zero attached hydrogens (tertiary/aromatic N) is 10. The van der Waals surface area contributed by atoms with E-state index in [1.165, 1.54) is 6.07 Å². The highest BCUT2D eigenvalue weighted by molar-refractivity contribution is 6.13. The first-order chi connectivity index (χ1) is 43.1. The number of benzene rings is 11. The Kier molecular flexibility index (Phi) is 12.8. The Morgan fingerprint density at radius 2 is 0.739 bits per heavy atom. The van der Waals surface area contributed by atoms with Crippen molar-refractivity contribution in [3.63, 3.8) is 0 Å². The number of para-hydroxylation sites is 2. The molecule has 0 atom stereocenters. The number of aromatic nitrogens is 8. The van der Waals surface area contributed by atoms with Gasteiger partial charge in [0.2, 0.25) is 0 Å². The molecule has 15 rings (SSSR count). The molecule has 0 aliphatic carbocycles. The summed E-state index contributed by atoms with van der Waals surface area (Å²) in [7, 11) is 0. The molecule has 414 valence electrons. The molecule has 0 saturated carbocycles. The van der Waals surface area contributed by atoms with Crippen LogP contribution in [0.3, 0.4) is 0 Å². The molecule has 13 heteroatoms. The first-order valence-corrected chi connectivity index (χ1v) is 28.3. The predicted octanol–water partition coefficient (Wildman–Crippen LogP) is 19.0. The largest absolute Gasteiger partial charge is 0.415 e. The van der Waals surface area contributed by atoms with E-state index in [0.717, 1.165) is 94.8 Å². The van der Waals surface area contributed by atoms with Crippen LogP contribution in [0.1, 0.15) is 11.1 Å². The zero-order valence-corrected chi connectivity index (χ0v) is 46.4. The average Bonchev–Trinajstić information content (AvgIpc) is 1.69. The zero-order valence-electron chi connectivity index (χ0n) is 46.4. The molecular weight excluding hydrogens is 1100 g/mol. The first kappa shape index (κ1) is 52.6. The van der Waals surface area contributed by atoms with Gasteiger partial charge < -0.3 is 9.13 Å². The molecule has 10 nitrogen and oxygen atoms in total. The van der Waals surface area contributed by atoms with Gasteiger partial charge >= 0.3 is 6.18 Å². The van der Waals surface area contributed by atoms with Gasteiger partial charge in [0.15, 0.2) is 40.6 Å². The van der Waals surface area contributed by atoms with Gasteiger partial charge in [0.25, 0.3) is 0 Å². The van der Waals surface area contributed by atoms with Crippen LogP contribution in [0.25, 0.3) is 150 Å². The van der Waals surface area contributed by atoms with E-state index in [1.54, 1.807) is 6.07 Å². The van der Waals surface area contributed by atoms with Gasteiger partial charge in [-0.15, -0.1) is 0 Å². The van der Waals surface area contributed by atoms with E-state index in [0.29, 0.717) is 68.5 Å². The maximum Gasteiger partial charge on any atom is 0.415 e. The van der Waals surface area contributed by atoms with Crippen LogP contribution < -0.4 is 0 Å². The predicted molar refractivity (Wildman–Crippen MR) is 341 cm³/mol. The van der Waals surface area contributed by atoms with Crippen LogP contribution in [0.2, 0.25) is 0 Å². The Labute approximate surface area is 501 Å². The lowest BCUT2D eigenvalue weighted by atomic mass is 9.93. The summed E-state index contributed by atoms with van der Waals surface area (Å²) >= 11 is 0. The van der Waals surface area contributed by atoms with Crippen molar-refractivity contribution in [3.05, 3.63) is 283 Å². The van der Waals surface area contributed by atoms with Crippen LogP contribution in [0, 0.1) is 17.9 Å². The van der Waals surface area contributed by atoms with Crippen molar-refractivity contribution in [2.24, 2.45) is 0 Å². The average molecular weight is 1140 g/mol. The minimum atomic E-state index is -4.66. The molecule has 4 aromatic heterocycles. The lowest BCUT2D eigenvalue weighted by Crippen LogP contribution is -2.04. The van der Waals surface area contributed by atoms with Gasteiger partial charge in [0, 0.05) is 71.6 Å². The Bertz CT molecular complexity index is 5220. The van der Waals surface area contributed by atoms with Crippen LogP contribution >= 0.6 is 0 Å². The van der Waals surface area contributed by atoms with Crippen molar-refractivity contribution in [3.8, 4) is 108 Å². The normalized spacial score (nSPS) is 11.6. The van der Waals surface area contributed by atoms with Gasteiger partial charge in [-0.2, -0.15) is 18.4 Å². The third kappa shape index (κ3) is 9.33. The van der Waals surface area contributed by atoms with Crippen molar-refractivity contribution in [2.45, 2.75) is 6.18 Å². The third-order valence-corrected chi connectivity index (χ3v) is 15.9. The number of nitriles is 1. The smallest absolute Gasteiger partial charge is 0.309 e. The van der Waals surface area contributed by atoms with Gasteiger partial charge in [-0.1, -0.05) is 182 Å². The van der Waals surface area contributed by atoms with Crippen LogP contribution in [-0.2, 0) is 6.18 Å². The molecule has 0 aliphatic rings. The van der Waals surface area contributed by atoms with Crippen LogP contribution in [-0.4, -0.2) is 39.0 Å². The molecular formula is C75H43F3N10. The van der Waals surface area contributed by atoms with Gasteiger partial charge in [-0.25, -0.2) is 34.7 Å². The van der Waals surface area contributed by atoms with E-state index >= 15 is 0 Å². The summed E-state index contributed by atoms with van der Waals surface area (Å²) in [5, 5.41) is 14.4. The van der Waals surface area contributed by atoms with Gasteiger partial charge in [0.1, 0.15) is 0 Å². The summed E-state index contributed by atoms with van der Waals surface area (Å²) in [6, 6.07) is 84.8. The Morgan fingerprint density at radius 3 is 1.18 bits per heavy atom. The Hall–Kier alpha value is -12.2. The van der Waals surface area contributed by atoms with E-state index in [1.807, 2.05) is 200 Å². The quantitative estimate of drug-likeness (QED) is 0.125. The summed E-state index contributed by atoms with van der Waals surface area (Å²) in [6.07, 6.45) is -4.66. The lowest BCUT2D eigenvalue weighted by molar-refractivity contribution is -0.137. The lowest BCUT2D eigenvalue weighted by Gasteiger charge is -2.20. The number of rotatable bonds is 10. The van der Waals surface area contributed by atoms with Crippen molar-refractivity contribution < 1.29 is 13.2 Å². The fourth-order valence-corrected chi connectivity index (χ4v) is 11.8. The van der Waals surface area contributed by atoms with Gasteiger partial charge in [0.05, 0.1) is 51.6 Å². The Balaban J connectivity index is 0.957.